The number of aliphatic hydroxyl groups is 1. The lowest BCUT2D eigenvalue weighted by Gasteiger charge is -2.22. The third-order valence-electron chi connectivity index (χ3n) is 2.26. The SMILES string of the molecule is Cc1ccc(C)c(OCC(C)(N)CO)c1. The maximum atomic E-state index is 8.99. The van der Waals surface area contributed by atoms with Crippen LogP contribution < -0.4 is 10.5 Å². The highest BCUT2D eigenvalue weighted by atomic mass is 16.5. The van der Waals surface area contributed by atoms with E-state index in [1.165, 1.54) is 0 Å². The molecule has 0 aliphatic heterocycles. The lowest BCUT2D eigenvalue weighted by molar-refractivity contribution is 0.145. The Morgan fingerprint density at radius 1 is 1.40 bits per heavy atom. The summed E-state index contributed by atoms with van der Waals surface area (Å²) >= 11 is 0. The Labute approximate surface area is 90.9 Å². The van der Waals surface area contributed by atoms with Gasteiger partial charge in [-0.3, -0.25) is 0 Å². The van der Waals surface area contributed by atoms with Crippen LogP contribution in [0.1, 0.15) is 18.1 Å². The molecule has 0 aliphatic carbocycles. The highest BCUT2D eigenvalue weighted by molar-refractivity contribution is 5.36. The van der Waals surface area contributed by atoms with Gasteiger partial charge in [0.1, 0.15) is 12.4 Å². The molecule has 1 unspecified atom stereocenters. The number of ether oxygens (including phenoxy) is 1. The zero-order valence-corrected chi connectivity index (χ0v) is 9.58. The summed E-state index contributed by atoms with van der Waals surface area (Å²) in [5, 5.41) is 8.99. The third-order valence-corrected chi connectivity index (χ3v) is 2.26. The van der Waals surface area contributed by atoms with E-state index in [-0.39, 0.29) is 6.61 Å². The molecular formula is C12H19NO2. The van der Waals surface area contributed by atoms with Crippen molar-refractivity contribution in [3.05, 3.63) is 29.3 Å². The molecule has 1 aromatic carbocycles. The van der Waals surface area contributed by atoms with Crippen LogP contribution in [0.15, 0.2) is 18.2 Å². The van der Waals surface area contributed by atoms with Gasteiger partial charge in [-0.1, -0.05) is 12.1 Å². The van der Waals surface area contributed by atoms with Gasteiger partial charge in [0.15, 0.2) is 0 Å². The molecule has 0 saturated carbocycles. The van der Waals surface area contributed by atoms with Crippen molar-refractivity contribution in [2.45, 2.75) is 26.3 Å². The fourth-order valence-electron chi connectivity index (χ4n) is 1.15. The Bertz CT molecular complexity index is 334. The minimum Gasteiger partial charge on any atom is -0.491 e. The van der Waals surface area contributed by atoms with Crippen LogP contribution in [-0.4, -0.2) is 23.9 Å². The van der Waals surface area contributed by atoms with Crippen LogP contribution in [0, 0.1) is 13.8 Å². The second kappa shape index (κ2) is 4.64. The van der Waals surface area contributed by atoms with Gasteiger partial charge in [-0.15, -0.1) is 0 Å². The van der Waals surface area contributed by atoms with Crippen molar-refractivity contribution in [3.8, 4) is 5.75 Å². The summed E-state index contributed by atoms with van der Waals surface area (Å²) in [7, 11) is 0. The lowest BCUT2D eigenvalue weighted by atomic mass is 10.1. The molecule has 15 heavy (non-hydrogen) atoms. The summed E-state index contributed by atoms with van der Waals surface area (Å²) < 4.78 is 5.59. The van der Waals surface area contributed by atoms with Crippen LogP contribution >= 0.6 is 0 Å². The second-order valence-corrected chi connectivity index (χ2v) is 4.37. The summed E-state index contributed by atoms with van der Waals surface area (Å²) in [4.78, 5) is 0. The van der Waals surface area contributed by atoms with Crippen LogP contribution in [0.2, 0.25) is 0 Å². The molecule has 3 nitrogen and oxygen atoms in total. The van der Waals surface area contributed by atoms with Crippen molar-refractivity contribution < 1.29 is 9.84 Å². The number of rotatable bonds is 4. The number of benzene rings is 1. The Morgan fingerprint density at radius 2 is 2.07 bits per heavy atom. The molecule has 0 aromatic heterocycles. The monoisotopic (exact) mass is 209 g/mol. The Morgan fingerprint density at radius 3 is 2.67 bits per heavy atom. The maximum absolute atomic E-state index is 8.99. The van der Waals surface area contributed by atoms with Crippen molar-refractivity contribution in [1.29, 1.82) is 0 Å². The van der Waals surface area contributed by atoms with E-state index in [2.05, 4.69) is 0 Å². The first-order valence-electron chi connectivity index (χ1n) is 5.04. The standard InChI is InChI=1S/C12H19NO2/c1-9-4-5-10(2)11(6-9)15-8-12(3,13)7-14/h4-6,14H,7-8,13H2,1-3H3. The van der Waals surface area contributed by atoms with E-state index < -0.39 is 5.54 Å². The van der Waals surface area contributed by atoms with Gasteiger partial charge >= 0.3 is 0 Å². The summed E-state index contributed by atoms with van der Waals surface area (Å²) in [6, 6.07) is 6.02. The second-order valence-electron chi connectivity index (χ2n) is 4.37. The molecular weight excluding hydrogens is 190 g/mol. The number of aliphatic hydroxyl groups excluding tert-OH is 1. The van der Waals surface area contributed by atoms with Crippen molar-refractivity contribution in [2.24, 2.45) is 5.73 Å². The quantitative estimate of drug-likeness (QED) is 0.788. The molecule has 1 aromatic rings. The van der Waals surface area contributed by atoms with Crippen LogP contribution in [0.3, 0.4) is 0 Å². The minimum absolute atomic E-state index is 0.0855. The highest BCUT2D eigenvalue weighted by Crippen LogP contribution is 2.19. The predicted molar refractivity (Wildman–Crippen MR) is 61.1 cm³/mol. The zero-order valence-electron chi connectivity index (χ0n) is 9.58. The molecule has 0 bridgehead atoms. The zero-order chi connectivity index (χ0) is 11.5. The van der Waals surface area contributed by atoms with Gasteiger partial charge in [-0.25, -0.2) is 0 Å². The van der Waals surface area contributed by atoms with Crippen LogP contribution in [0.4, 0.5) is 0 Å². The first-order chi connectivity index (χ1) is 6.94. The fraction of sp³-hybridized carbons (Fsp3) is 0.500. The average molecular weight is 209 g/mol. The number of hydrogen-bond donors (Lipinski definition) is 2. The van der Waals surface area contributed by atoms with Crippen molar-refractivity contribution in [2.75, 3.05) is 13.2 Å². The molecule has 3 N–H and O–H groups in total. The smallest absolute Gasteiger partial charge is 0.122 e. The summed E-state index contributed by atoms with van der Waals surface area (Å²) in [6.45, 7) is 5.99. The van der Waals surface area contributed by atoms with Gasteiger partial charge in [0.25, 0.3) is 0 Å². The van der Waals surface area contributed by atoms with Crippen molar-refractivity contribution in [1.82, 2.24) is 0 Å². The van der Waals surface area contributed by atoms with Crippen LogP contribution in [0.5, 0.6) is 5.75 Å². The molecule has 1 rings (SSSR count). The molecule has 0 amide bonds. The predicted octanol–water partition coefficient (Wildman–Crippen LogP) is 1.39. The highest BCUT2D eigenvalue weighted by Gasteiger charge is 2.18. The number of nitrogens with two attached hydrogens (primary N) is 1. The van der Waals surface area contributed by atoms with Gasteiger partial charge in [0.2, 0.25) is 0 Å². The Kier molecular flexibility index (Phi) is 3.72. The number of aryl methyl sites for hydroxylation is 2. The van der Waals surface area contributed by atoms with Gasteiger partial charge in [-0.2, -0.15) is 0 Å². The first-order valence-corrected chi connectivity index (χ1v) is 5.04. The van der Waals surface area contributed by atoms with Crippen molar-refractivity contribution >= 4 is 0 Å². The molecule has 0 fully saturated rings. The summed E-state index contributed by atoms with van der Waals surface area (Å²) in [5.41, 5.74) is 7.32. The van der Waals surface area contributed by atoms with E-state index in [4.69, 9.17) is 15.6 Å². The fourth-order valence-corrected chi connectivity index (χ4v) is 1.15. The van der Waals surface area contributed by atoms with Gasteiger partial charge in [0.05, 0.1) is 12.1 Å². The number of hydrogen-bond acceptors (Lipinski definition) is 3. The molecule has 1 atom stereocenters. The molecule has 0 radical (unpaired) electrons. The largest absolute Gasteiger partial charge is 0.491 e. The summed E-state index contributed by atoms with van der Waals surface area (Å²) in [6.07, 6.45) is 0. The Balaban J connectivity index is 2.69. The van der Waals surface area contributed by atoms with E-state index in [0.29, 0.717) is 6.61 Å². The lowest BCUT2D eigenvalue weighted by Crippen LogP contribution is -2.46. The molecule has 84 valence electrons. The molecule has 0 heterocycles. The topological polar surface area (TPSA) is 55.5 Å². The van der Waals surface area contributed by atoms with E-state index >= 15 is 0 Å². The van der Waals surface area contributed by atoms with E-state index in [9.17, 15) is 0 Å². The maximum Gasteiger partial charge on any atom is 0.122 e. The van der Waals surface area contributed by atoms with Crippen LogP contribution in [-0.2, 0) is 0 Å². The van der Waals surface area contributed by atoms with E-state index in [1.54, 1.807) is 6.92 Å². The van der Waals surface area contributed by atoms with Crippen LogP contribution in [0.25, 0.3) is 0 Å². The Hall–Kier alpha value is -1.06. The minimum atomic E-state index is -0.684. The van der Waals surface area contributed by atoms with Crippen molar-refractivity contribution in [3.63, 3.8) is 0 Å². The molecule has 0 saturated heterocycles. The normalized spacial score (nSPS) is 14.7. The third kappa shape index (κ3) is 3.53. The molecule has 0 spiro atoms. The van der Waals surface area contributed by atoms with Gasteiger partial charge in [-0.05, 0) is 38.0 Å². The average Bonchev–Trinajstić information content (AvgIpc) is 2.20. The van der Waals surface area contributed by atoms with E-state index in [1.807, 2.05) is 32.0 Å². The molecule has 3 heteroatoms. The molecule has 0 aliphatic rings. The van der Waals surface area contributed by atoms with E-state index in [0.717, 1.165) is 16.9 Å². The van der Waals surface area contributed by atoms with Gasteiger partial charge in [0, 0.05) is 0 Å². The summed E-state index contributed by atoms with van der Waals surface area (Å²) in [5.74, 6) is 0.833. The van der Waals surface area contributed by atoms with Gasteiger partial charge < -0.3 is 15.6 Å². The first kappa shape index (κ1) is 12.0.